The van der Waals surface area contributed by atoms with Gasteiger partial charge in [-0.05, 0) is 32.1 Å². The van der Waals surface area contributed by atoms with Crippen molar-refractivity contribution in [3.63, 3.8) is 0 Å². The lowest BCUT2D eigenvalue weighted by molar-refractivity contribution is -0.131. The minimum absolute atomic E-state index is 0.545. The van der Waals surface area contributed by atoms with Gasteiger partial charge >= 0.3 is 5.97 Å². The molecule has 4 heteroatoms. The number of carbonyl (C=O) groups is 1. The zero-order valence-corrected chi connectivity index (χ0v) is 10.1. The molecule has 0 atom stereocenters. The largest absolute Gasteiger partial charge is 0.493 e. The van der Waals surface area contributed by atoms with Gasteiger partial charge in [0.1, 0.15) is 5.75 Å². The number of rotatable bonds is 6. The van der Waals surface area contributed by atoms with E-state index >= 15 is 0 Å². The molecule has 0 unspecified atom stereocenters. The topological polar surface area (TPSA) is 58.6 Å². The fraction of sp³-hybridized carbons (Fsp3) is 0.308. The highest BCUT2D eigenvalue weighted by Crippen LogP contribution is 2.24. The predicted molar refractivity (Wildman–Crippen MR) is 68.4 cm³/mol. The predicted octanol–water partition coefficient (Wildman–Crippen LogP) is 2.61. The van der Waals surface area contributed by atoms with Crippen LogP contribution in [0.4, 0.5) is 5.69 Å². The van der Waals surface area contributed by atoms with E-state index in [1.54, 1.807) is 0 Å². The Morgan fingerprint density at radius 3 is 2.82 bits per heavy atom. The average Bonchev–Trinajstić information content (AvgIpc) is 2.28. The van der Waals surface area contributed by atoms with E-state index in [1.165, 1.54) is 6.08 Å². The Morgan fingerprint density at radius 1 is 1.47 bits per heavy atom. The van der Waals surface area contributed by atoms with Crippen molar-refractivity contribution in [3.8, 4) is 5.75 Å². The second kappa shape index (κ2) is 6.58. The molecule has 1 rings (SSSR count). The van der Waals surface area contributed by atoms with Crippen LogP contribution in [-0.2, 0) is 4.79 Å². The molecule has 0 saturated heterocycles. The van der Waals surface area contributed by atoms with Gasteiger partial charge in [0.25, 0.3) is 0 Å². The summed E-state index contributed by atoms with van der Waals surface area (Å²) >= 11 is 0. The van der Waals surface area contributed by atoms with E-state index in [1.807, 2.05) is 32.0 Å². The fourth-order valence-corrected chi connectivity index (χ4v) is 1.43. The van der Waals surface area contributed by atoms with Gasteiger partial charge in [-0.25, -0.2) is 4.79 Å². The molecule has 0 aromatic heterocycles. The standard InChI is InChI=1S/C13H17NO3/c1-3-14-11-7-5-10(6-8-13(15)16)12(9-11)17-4-2/h5-9,14H,3-4H2,1-2H3,(H,15,16). The summed E-state index contributed by atoms with van der Waals surface area (Å²) in [5.74, 6) is -0.286. The monoisotopic (exact) mass is 235 g/mol. The van der Waals surface area contributed by atoms with Crippen molar-refractivity contribution in [2.45, 2.75) is 13.8 Å². The molecule has 0 spiro atoms. The number of hydrogen-bond donors (Lipinski definition) is 2. The second-order valence-corrected chi connectivity index (χ2v) is 3.39. The normalized spacial score (nSPS) is 10.5. The average molecular weight is 235 g/mol. The SMILES string of the molecule is CCNc1ccc(C=CC(=O)O)c(OCC)c1. The molecule has 0 aliphatic rings. The third kappa shape index (κ3) is 4.18. The minimum Gasteiger partial charge on any atom is -0.493 e. The Balaban J connectivity index is 2.99. The zero-order chi connectivity index (χ0) is 12.7. The number of aliphatic carboxylic acids is 1. The van der Waals surface area contributed by atoms with Crippen LogP contribution in [0.3, 0.4) is 0 Å². The maximum atomic E-state index is 10.5. The fourth-order valence-electron chi connectivity index (χ4n) is 1.43. The summed E-state index contributed by atoms with van der Waals surface area (Å²) in [6, 6.07) is 5.60. The van der Waals surface area contributed by atoms with Gasteiger partial charge in [-0.3, -0.25) is 0 Å². The van der Waals surface area contributed by atoms with Crippen molar-refractivity contribution in [2.24, 2.45) is 0 Å². The molecular formula is C13H17NO3. The summed E-state index contributed by atoms with van der Waals surface area (Å²) in [4.78, 5) is 10.5. The van der Waals surface area contributed by atoms with Gasteiger partial charge in [0, 0.05) is 29.9 Å². The van der Waals surface area contributed by atoms with Crippen molar-refractivity contribution in [3.05, 3.63) is 29.8 Å². The van der Waals surface area contributed by atoms with E-state index in [2.05, 4.69) is 5.32 Å². The van der Waals surface area contributed by atoms with Crippen LogP contribution >= 0.6 is 0 Å². The van der Waals surface area contributed by atoms with Crippen molar-refractivity contribution < 1.29 is 14.6 Å². The summed E-state index contributed by atoms with van der Waals surface area (Å²) in [6.07, 6.45) is 2.63. The second-order valence-electron chi connectivity index (χ2n) is 3.39. The first kappa shape index (κ1) is 13.1. The van der Waals surface area contributed by atoms with Gasteiger partial charge in [-0.1, -0.05) is 0 Å². The lowest BCUT2D eigenvalue weighted by Crippen LogP contribution is -1.99. The van der Waals surface area contributed by atoms with Crippen LogP contribution in [-0.4, -0.2) is 24.2 Å². The summed E-state index contributed by atoms with van der Waals surface area (Å²) in [6.45, 7) is 5.28. The number of carboxylic acid groups (broad SMARTS) is 1. The van der Waals surface area contributed by atoms with Crippen LogP contribution in [0.1, 0.15) is 19.4 Å². The lowest BCUT2D eigenvalue weighted by Gasteiger charge is -2.10. The van der Waals surface area contributed by atoms with Crippen molar-refractivity contribution in [1.29, 1.82) is 0 Å². The lowest BCUT2D eigenvalue weighted by atomic mass is 10.1. The Morgan fingerprint density at radius 2 is 2.24 bits per heavy atom. The number of carboxylic acids is 1. The summed E-state index contributed by atoms with van der Waals surface area (Å²) in [5, 5.41) is 11.8. The zero-order valence-electron chi connectivity index (χ0n) is 10.1. The van der Waals surface area contributed by atoms with Crippen LogP contribution in [0.2, 0.25) is 0 Å². The van der Waals surface area contributed by atoms with E-state index < -0.39 is 5.97 Å². The van der Waals surface area contributed by atoms with Crippen LogP contribution in [0.5, 0.6) is 5.75 Å². The maximum Gasteiger partial charge on any atom is 0.328 e. The molecule has 0 aliphatic heterocycles. The molecule has 2 N–H and O–H groups in total. The molecule has 0 heterocycles. The van der Waals surface area contributed by atoms with E-state index in [-0.39, 0.29) is 0 Å². The molecule has 0 aliphatic carbocycles. The number of ether oxygens (including phenoxy) is 1. The summed E-state index contributed by atoms with van der Waals surface area (Å²) < 4.78 is 5.47. The Kier molecular flexibility index (Phi) is 5.07. The molecule has 1 aromatic carbocycles. The van der Waals surface area contributed by atoms with Gasteiger partial charge in [0.15, 0.2) is 0 Å². The number of nitrogens with one attached hydrogen (secondary N) is 1. The first-order valence-electron chi connectivity index (χ1n) is 5.59. The summed E-state index contributed by atoms with van der Waals surface area (Å²) in [7, 11) is 0. The molecule has 0 amide bonds. The maximum absolute atomic E-state index is 10.5. The number of benzene rings is 1. The van der Waals surface area contributed by atoms with Crippen molar-refractivity contribution in [2.75, 3.05) is 18.5 Å². The quantitative estimate of drug-likeness (QED) is 0.744. The molecule has 17 heavy (non-hydrogen) atoms. The van der Waals surface area contributed by atoms with Gasteiger partial charge in [-0.15, -0.1) is 0 Å². The summed E-state index contributed by atoms with van der Waals surface area (Å²) in [5.41, 5.74) is 1.72. The molecule has 0 fully saturated rings. The highest BCUT2D eigenvalue weighted by molar-refractivity contribution is 5.86. The Bertz CT molecular complexity index is 413. The van der Waals surface area contributed by atoms with Crippen LogP contribution < -0.4 is 10.1 Å². The van der Waals surface area contributed by atoms with Gasteiger partial charge in [0.05, 0.1) is 6.61 Å². The Labute approximate surface area is 101 Å². The van der Waals surface area contributed by atoms with E-state index in [4.69, 9.17) is 9.84 Å². The Hall–Kier alpha value is -1.97. The molecule has 0 radical (unpaired) electrons. The molecule has 92 valence electrons. The number of hydrogen-bond acceptors (Lipinski definition) is 3. The number of anilines is 1. The minimum atomic E-state index is -0.969. The van der Waals surface area contributed by atoms with Crippen LogP contribution in [0.25, 0.3) is 6.08 Å². The van der Waals surface area contributed by atoms with Gasteiger partial charge in [-0.2, -0.15) is 0 Å². The van der Waals surface area contributed by atoms with E-state index in [0.29, 0.717) is 12.4 Å². The molecule has 0 saturated carbocycles. The van der Waals surface area contributed by atoms with E-state index in [9.17, 15) is 4.79 Å². The third-order valence-electron chi connectivity index (χ3n) is 2.10. The smallest absolute Gasteiger partial charge is 0.328 e. The highest BCUT2D eigenvalue weighted by Gasteiger charge is 2.02. The third-order valence-corrected chi connectivity index (χ3v) is 2.10. The van der Waals surface area contributed by atoms with E-state index in [0.717, 1.165) is 23.9 Å². The van der Waals surface area contributed by atoms with Crippen molar-refractivity contribution in [1.82, 2.24) is 0 Å². The molecule has 4 nitrogen and oxygen atoms in total. The molecule has 1 aromatic rings. The van der Waals surface area contributed by atoms with Crippen molar-refractivity contribution >= 4 is 17.7 Å². The molecular weight excluding hydrogens is 218 g/mol. The van der Waals surface area contributed by atoms with Gasteiger partial charge in [0.2, 0.25) is 0 Å². The first-order valence-corrected chi connectivity index (χ1v) is 5.59. The first-order chi connectivity index (χ1) is 8.17. The van der Waals surface area contributed by atoms with Gasteiger partial charge < -0.3 is 15.2 Å². The van der Waals surface area contributed by atoms with Crippen LogP contribution in [0, 0.1) is 0 Å². The molecule has 0 bridgehead atoms. The van der Waals surface area contributed by atoms with Crippen LogP contribution in [0.15, 0.2) is 24.3 Å². The highest BCUT2D eigenvalue weighted by atomic mass is 16.5.